The molecule has 0 bridgehead atoms. The molecule has 0 spiro atoms. The highest BCUT2D eigenvalue weighted by molar-refractivity contribution is 7.88. The molecule has 1 heterocycles. The average molecular weight is 275 g/mol. The SMILES string of the molecule is CS(=O)(=O)NCCNC(=O)c1cn(CCN)cn1. The summed E-state index contributed by atoms with van der Waals surface area (Å²) in [6.07, 6.45) is 4.17. The molecule has 18 heavy (non-hydrogen) atoms. The number of aromatic nitrogens is 2. The molecule has 0 fully saturated rings. The predicted molar refractivity (Wildman–Crippen MR) is 66.5 cm³/mol. The van der Waals surface area contributed by atoms with Crippen molar-refractivity contribution in [2.45, 2.75) is 6.54 Å². The van der Waals surface area contributed by atoms with E-state index in [9.17, 15) is 13.2 Å². The van der Waals surface area contributed by atoms with Crippen molar-refractivity contribution in [2.24, 2.45) is 5.73 Å². The lowest BCUT2D eigenvalue weighted by Crippen LogP contribution is -2.34. The van der Waals surface area contributed by atoms with Gasteiger partial charge in [0.05, 0.1) is 12.6 Å². The summed E-state index contributed by atoms with van der Waals surface area (Å²) in [5, 5.41) is 2.55. The van der Waals surface area contributed by atoms with E-state index < -0.39 is 10.0 Å². The summed E-state index contributed by atoms with van der Waals surface area (Å²) >= 11 is 0. The van der Waals surface area contributed by atoms with Crippen LogP contribution < -0.4 is 15.8 Å². The van der Waals surface area contributed by atoms with Gasteiger partial charge in [0.2, 0.25) is 10.0 Å². The van der Waals surface area contributed by atoms with E-state index in [0.29, 0.717) is 13.1 Å². The molecule has 0 unspecified atom stereocenters. The van der Waals surface area contributed by atoms with Crippen LogP contribution >= 0.6 is 0 Å². The molecule has 1 amide bonds. The maximum atomic E-state index is 11.6. The lowest BCUT2D eigenvalue weighted by Gasteiger charge is -2.03. The monoisotopic (exact) mass is 275 g/mol. The molecule has 102 valence electrons. The van der Waals surface area contributed by atoms with E-state index in [-0.39, 0.29) is 24.7 Å². The fourth-order valence-electron chi connectivity index (χ4n) is 1.25. The predicted octanol–water partition coefficient (Wildman–Crippen LogP) is -1.88. The van der Waals surface area contributed by atoms with E-state index in [4.69, 9.17) is 5.73 Å². The average Bonchev–Trinajstić information content (AvgIpc) is 2.72. The molecule has 1 rings (SSSR count). The zero-order chi connectivity index (χ0) is 13.6. The first-order chi connectivity index (χ1) is 8.42. The van der Waals surface area contributed by atoms with E-state index >= 15 is 0 Å². The first kappa shape index (κ1) is 14.6. The molecule has 0 saturated heterocycles. The van der Waals surface area contributed by atoms with Crippen LogP contribution in [0.4, 0.5) is 0 Å². The standard InChI is InChI=1S/C9H17N5O3S/c1-18(16,17)13-4-3-11-9(15)8-6-14(5-2-10)7-12-8/h6-7,13H,2-5,10H2,1H3,(H,11,15). The van der Waals surface area contributed by atoms with Crippen molar-refractivity contribution in [1.82, 2.24) is 19.6 Å². The van der Waals surface area contributed by atoms with Crippen LogP contribution in [-0.2, 0) is 16.6 Å². The van der Waals surface area contributed by atoms with E-state index in [2.05, 4.69) is 15.0 Å². The van der Waals surface area contributed by atoms with Crippen molar-refractivity contribution in [2.75, 3.05) is 25.9 Å². The molecule has 1 aromatic rings. The van der Waals surface area contributed by atoms with Gasteiger partial charge in [0.25, 0.3) is 5.91 Å². The maximum absolute atomic E-state index is 11.6. The summed E-state index contributed by atoms with van der Waals surface area (Å²) in [4.78, 5) is 15.5. The third-order valence-corrected chi connectivity index (χ3v) is 2.76. The molecule has 0 atom stereocenters. The van der Waals surface area contributed by atoms with Gasteiger partial charge in [0.1, 0.15) is 5.69 Å². The van der Waals surface area contributed by atoms with E-state index in [1.807, 2.05) is 0 Å². The second-order valence-electron chi connectivity index (χ2n) is 3.71. The van der Waals surface area contributed by atoms with Gasteiger partial charge in [-0.05, 0) is 0 Å². The van der Waals surface area contributed by atoms with Gasteiger partial charge in [-0.2, -0.15) is 0 Å². The Balaban J connectivity index is 2.36. The third-order valence-electron chi connectivity index (χ3n) is 2.03. The van der Waals surface area contributed by atoms with Gasteiger partial charge in [-0.3, -0.25) is 4.79 Å². The molecular formula is C9H17N5O3S. The molecule has 9 heteroatoms. The summed E-state index contributed by atoms with van der Waals surface area (Å²) in [6, 6.07) is 0. The van der Waals surface area contributed by atoms with Crippen molar-refractivity contribution in [3.05, 3.63) is 18.2 Å². The number of rotatable bonds is 7. The van der Waals surface area contributed by atoms with Gasteiger partial charge in [0.15, 0.2) is 0 Å². The van der Waals surface area contributed by atoms with Crippen LogP contribution in [-0.4, -0.2) is 49.8 Å². The number of carbonyl (C=O) groups excluding carboxylic acids is 1. The lowest BCUT2D eigenvalue weighted by atomic mass is 10.4. The van der Waals surface area contributed by atoms with Crippen molar-refractivity contribution in [1.29, 1.82) is 0 Å². The number of sulfonamides is 1. The number of nitrogens with one attached hydrogen (secondary N) is 2. The zero-order valence-corrected chi connectivity index (χ0v) is 10.9. The Bertz CT molecular complexity index is 496. The molecule has 4 N–H and O–H groups in total. The highest BCUT2D eigenvalue weighted by Gasteiger charge is 2.08. The van der Waals surface area contributed by atoms with Crippen LogP contribution in [0, 0.1) is 0 Å². The second-order valence-corrected chi connectivity index (χ2v) is 5.54. The van der Waals surface area contributed by atoms with Crippen LogP contribution in [0.1, 0.15) is 10.5 Å². The number of nitrogens with two attached hydrogens (primary N) is 1. The number of hydrogen-bond acceptors (Lipinski definition) is 5. The molecule has 0 aliphatic carbocycles. The fourth-order valence-corrected chi connectivity index (χ4v) is 1.72. The van der Waals surface area contributed by atoms with Crippen LogP contribution in [0.15, 0.2) is 12.5 Å². The van der Waals surface area contributed by atoms with E-state index in [0.717, 1.165) is 6.26 Å². The van der Waals surface area contributed by atoms with Crippen LogP contribution in [0.5, 0.6) is 0 Å². The number of imidazole rings is 1. The quantitative estimate of drug-likeness (QED) is 0.503. The van der Waals surface area contributed by atoms with Gasteiger partial charge >= 0.3 is 0 Å². The normalized spacial score (nSPS) is 11.4. The van der Waals surface area contributed by atoms with Gasteiger partial charge in [-0.1, -0.05) is 0 Å². The molecule has 1 aromatic heterocycles. The van der Waals surface area contributed by atoms with Crippen LogP contribution in [0.2, 0.25) is 0 Å². The smallest absolute Gasteiger partial charge is 0.271 e. The lowest BCUT2D eigenvalue weighted by molar-refractivity contribution is 0.0949. The van der Waals surface area contributed by atoms with Crippen molar-refractivity contribution in [3.8, 4) is 0 Å². The number of nitrogens with zero attached hydrogens (tertiary/aromatic N) is 2. The Labute approximate surface area is 106 Å². The third kappa shape index (κ3) is 5.25. The minimum absolute atomic E-state index is 0.147. The van der Waals surface area contributed by atoms with E-state index in [1.165, 1.54) is 6.33 Å². The Kier molecular flexibility index (Phi) is 5.25. The number of amides is 1. The highest BCUT2D eigenvalue weighted by Crippen LogP contribution is 1.95. The summed E-state index contributed by atoms with van der Waals surface area (Å²) in [5.74, 6) is -0.346. The largest absolute Gasteiger partial charge is 0.349 e. The molecule has 8 nitrogen and oxygen atoms in total. The summed E-state index contributed by atoms with van der Waals surface area (Å²) < 4.78 is 25.5. The Morgan fingerprint density at radius 3 is 2.83 bits per heavy atom. The van der Waals surface area contributed by atoms with Gasteiger partial charge in [0, 0.05) is 32.4 Å². The van der Waals surface area contributed by atoms with Gasteiger partial charge in [-0.25, -0.2) is 18.1 Å². The van der Waals surface area contributed by atoms with Crippen LogP contribution in [0.3, 0.4) is 0 Å². The van der Waals surface area contributed by atoms with Crippen molar-refractivity contribution >= 4 is 15.9 Å². The Morgan fingerprint density at radius 2 is 2.22 bits per heavy atom. The molecule has 0 aliphatic rings. The molecule has 0 aliphatic heterocycles. The fraction of sp³-hybridized carbons (Fsp3) is 0.556. The first-order valence-corrected chi connectivity index (χ1v) is 7.26. The summed E-state index contributed by atoms with van der Waals surface area (Å²) in [6.45, 7) is 1.41. The second kappa shape index (κ2) is 6.47. The summed E-state index contributed by atoms with van der Waals surface area (Å²) in [7, 11) is -3.22. The Hall–Kier alpha value is -1.45. The van der Waals surface area contributed by atoms with Crippen molar-refractivity contribution in [3.63, 3.8) is 0 Å². The summed E-state index contributed by atoms with van der Waals surface area (Å²) in [5.41, 5.74) is 5.65. The molecule has 0 radical (unpaired) electrons. The molecule has 0 saturated carbocycles. The number of hydrogen-bond donors (Lipinski definition) is 3. The first-order valence-electron chi connectivity index (χ1n) is 5.37. The molecular weight excluding hydrogens is 258 g/mol. The van der Waals surface area contributed by atoms with Crippen LogP contribution in [0.25, 0.3) is 0 Å². The van der Waals surface area contributed by atoms with Gasteiger partial charge in [-0.15, -0.1) is 0 Å². The topological polar surface area (TPSA) is 119 Å². The zero-order valence-electron chi connectivity index (χ0n) is 10.1. The Morgan fingerprint density at radius 1 is 1.50 bits per heavy atom. The molecule has 0 aromatic carbocycles. The van der Waals surface area contributed by atoms with Gasteiger partial charge < -0.3 is 15.6 Å². The highest BCUT2D eigenvalue weighted by atomic mass is 32.2. The maximum Gasteiger partial charge on any atom is 0.271 e. The number of carbonyl (C=O) groups is 1. The minimum atomic E-state index is -3.22. The van der Waals surface area contributed by atoms with E-state index in [1.54, 1.807) is 10.8 Å². The minimum Gasteiger partial charge on any atom is -0.349 e. The van der Waals surface area contributed by atoms with Crippen molar-refractivity contribution < 1.29 is 13.2 Å².